The molecule has 6 nitrogen and oxygen atoms in total. The molecule has 1 aliphatic heterocycles. The Morgan fingerprint density at radius 2 is 2.35 bits per heavy atom. The van der Waals surface area contributed by atoms with E-state index in [1.165, 1.54) is 10.9 Å². The fraction of sp³-hybridized carbons (Fsp3) is 0.438. The Morgan fingerprint density at radius 1 is 1.52 bits per heavy atom. The van der Waals surface area contributed by atoms with Crippen molar-refractivity contribution in [3.8, 4) is 0 Å². The molecular weight excluding hydrogens is 360 g/mol. The van der Waals surface area contributed by atoms with Gasteiger partial charge < -0.3 is 10.6 Å². The van der Waals surface area contributed by atoms with Gasteiger partial charge in [0.1, 0.15) is 6.54 Å². The van der Waals surface area contributed by atoms with E-state index in [1.54, 1.807) is 12.1 Å². The Morgan fingerprint density at radius 3 is 3.13 bits per heavy atom. The number of benzene rings is 1. The van der Waals surface area contributed by atoms with Crippen LogP contribution < -0.4 is 16.2 Å². The third-order valence-corrected chi connectivity index (χ3v) is 4.77. The number of rotatable bonds is 3. The zero-order chi connectivity index (χ0) is 16.4. The van der Waals surface area contributed by atoms with Crippen LogP contribution in [0.5, 0.6) is 0 Å². The summed E-state index contributed by atoms with van der Waals surface area (Å²) in [4.78, 5) is 29.0. The van der Waals surface area contributed by atoms with Gasteiger partial charge in [-0.05, 0) is 37.1 Å². The van der Waals surface area contributed by atoms with E-state index in [-0.39, 0.29) is 24.1 Å². The van der Waals surface area contributed by atoms with E-state index in [4.69, 9.17) is 0 Å². The fourth-order valence-electron chi connectivity index (χ4n) is 2.83. The van der Waals surface area contributed by atoms with Gasteiger partial charge in [-0.2, -0.15) is 0 Å². The number of carbonyl (C=O) groups excluding carboxylic acids is 1. The summed E-state index contributed by atoms with van der Waals surface area (Å²) in [6, 6.07) is 5.45. The molecule has 0 radical (unpaired) electrons. The molecule has 2 N–H and O–H groups in total. The van der Waals surface area contributed by atoms with Gasteiger partial charge >= 0.3 is 0 Å². The normalized spacial score (nSPS) is 21.3. The molecule has 1 aromatic heterocycles. The van der Waals surface area contributed by atoms with Crippen LogP contribution in [-0.4, -0.2) is 34.6 Å². The SMILES string of the molecule is CC1CCNCC1NC(=O)Cn1cnc2ccc(Br)cc2c1=O. The van der Waals surface area contributed by atoms with Crippen molar-refractivity contribution in [2.75, 3.05) is 13.1 Å². The first-order valence-electron chi connectivity index (χ1n) is 7.69. The maximum atomic E-state index is 12.5. The number of aromatic nitrogens is 2. The molecule has 0 aliphatic carbocycles. The summed E-state index contributed by atoms with van der Waals surface area (Å²) in [5.41, 5.74) is 0.418. The summed E-state index contributed by atoms with van der Waals surface area (Å²) >= 11 is 3.35. The van der Waals surface area contributed by atoms with Crippen molar-refractivity contribution in [1.29, 1.82) is 0 Å². The molecule has 1 aliphatic rings. The molecule has 0 bridgehead atoms. The molecular formula is C16H19BrN4O2. The van der Waals surface area contributed by atoms with E-state index in [9.17, 15) is 9.59 Å². The minimum absolute atomic E-state index is 0.0164. The number of nitrogens with one attached hydrogen (secondary N) is 2. The number of carbonyl (C=O) groups is 1. The Hall–Kier alpha value is -1.73. The van der Waals surface area contributed by atoms with Gasteiger partial charge in [-0.3, -0.25) is 14.2 Å². The van der Waals surface area contributed by atoms with Crippen LogP contribution in [-0.2, 0) is 11.3 Å². The molecule has 2 aromatic rings. The van der Waals surface area contributed by atoms with Crippen molar-refractivity contribution in [3.63, 3.8) is 0 Å². The van der Waals surface area contributed by atoms with Gasteiger partial charge in [0, 0.05) is 17.1 Å². The van der Waals surface area contributed by atoms with E-state index in [2.05, 4.69) is 38.5 Å². The largest absolute Gasteiger partial charge is 0.350 e. The Labute approximate surface area is 142 Å². The molecule has 0 saturated carbocycles. The highest BCUT2D eigenvalue weighted by Gasteiger charge is 2.22. The molecule has 1 saturated heterocycles. The minimum atomic E-state index is -0.207. The summed E-state index contributed by atoms with van der Waals surface area (Å²) in [6.07, 6.45) is 2.47. The van der Waals surface area contributed by atoms with Crippen LogP contribution in [0, 0.1) is 5.92 Å². The highest BCUT2D eigenvalue weighted by atomic mass is 79.9. The fourth-order valence-corrected chi connectivity index (χ4v) is 3.19. The quantitative estimate of drug-likeness (QED) is 0.843. The predicted octanol–water partition coefficient (Wildman–Crippen LogP) is 1.27. The molecule has 1 amide bonds. The first kappa shape index (κ1) is 16.1. The minimum Gasteiger partial charge on any atom is -0.350 e. The second-order valence-corrected chi connectivity index (χ2v) is 6.90. The first-order valence-corrected chi connectivity index (χ1v) is 8.48. The Bertz CT molecular complexity index is 789. The number of hydrogen-bond donors (Lipinski definition) is 2. The van der Waals surface area contributed by atoms with Crippen molar-refractivity contribution in [2.45, 2.75) is 25.9 Å². The van der Waals surface area contributed by atoms with Crippen molar-refractivity contribution >= 4 is 32.7 Å². The number of hydrogen-bond acceptors (Lipinski definition) is 4. The second kappa shape index (κ2) is 6.80. The Kier molecular flexibility index (Phi) is 4.77. The van der Waals surface area contributed by atoms with Crippen molar-refractivity contribution in [3.05, 3.63) is 39.4 Å². The van der Waals surface area contributed by atoms with Gasteiger partial charge in [0.15, 0.2) is 0 Å². The van der Waals surface area contributed by atoms with Gasteiger partial charge in [-0.1, -0.05) is 22.9 Å². The summed E-state index contributed by atoms with van der Waals surface area (Å²) in [7, 11) is 0. The molecule has 2 heterocycles. The van der Waals surface area contributed by atoms with E-state index in [0.717, 1.165) is 24.0 Å². The molecule has 2 unspecified atom stereocenters. The molecule has 0 spiro atoms. The highest BCUT2D eigenvalue weighted by Crippen LogP contribution is 2.15. The molecule has 3 rings (SSSR count). The van der Waals surface area contributed by atoms with Crippen LogP contribution in [0.25, 0.3) is 10.9 Å². The standard InChI is InChI=1S/C16H19BrN4O2/c1-10-4-5-18-7-14(10)20-15(22)8-21-9-19-13-3-2-11(17)6-12(13)16(21)23/h2-3,6,9-10,14,18H,4-5,7-8H2,1H3,(H,20,22). The smallest absolute Gasteiger partial charge is 0.261 e. The number of piperidine rings is 1. The summed E-state index contributed by atoms with van der Waals surface area (Å²) in [5.74, 6) is 0.270. The van der Waals surface area contributed by atoms with Crippen molar-refractivity contribution in [2.24, 2.45) is 5.92 Å². The van der Waals surface area contributed by atoms with Crippen molar-refractivity contribution < 1.29 is 4.79 Å². The third kappa shape index (κ3) is 3.61. The van der Waals surface area contributed by atoms with Crippen molar-refractivity contribution in [1.82, 2.24) is 20.2 Å². The molecule has 1 aromatic carbocycles. The monoisotopic (exact) mass is 378 g/mol. The summed E-state index contributed by atoms with van der Waals surface area (Å²) < 4.78 is 2.17. The summed E-state index contributed by atoms with van der Waals surface area (Å²) in [5, 5.41) is 6.78. The molecule has 7 heteroatoms. The lowest BCUT2D eigenvalue weighted by Crippen LogP contribution is -2.51. The van der Waals surface area contributed by atoms with Gasteiger partial charge in [-0.15, -0.1) is 0 Å². The van der Waals surface area contributed by atoms with Crippen LogP contribution in [0.2, 0.25) is 0 Å². The molecule has 1 fully saturated rings. The number of halogens is 1. The zero-order valence-corrected chi connectivity index (χ0v) is 14.5. The van der Waals surface area contributed by atoms with E-state index in [1.807, 2.05) is 6.07 Å². The highest BCUT2D eigenvalue weighted by molar-refractivity contribution is 9.10. The maximum absolute atomic E-state index is 12.5. The van der Waals surface area contributed by atoms with E-state index < -0.39 is 0 Å². The topological polar surface area (TPSA) is 76.0 Å². The lowest BCUT2D eigenvalue weighted by Gasteiger charge is -2.30. The van der Waals surface area contributed by atoms with Crippen LogP contribution in [0.4, 0.5) is 0 Å². The van der Waals surface area contributed by atoms with E-state index >= 15 is 0 Å². The van der Waals surface area contributed by atoms with Gasteiger partial charge in [-0.25, -0.2) is 4.98 Å². The van der Waals surface area contributed by atoms with Crippen LogP contribution in [0.1, 0.15) is 13.3 Å². The third-order valence-electron chi connectivity index (χ3n) is 4.27. The van der Waals surface area contributed by atoms with Gasteiger partial charge in [0.25, 0.3) is 5.56 Å². The number of fused-ring (bicyclic) bond motifs is 1. The number of amides is 1. The molecule has 122 valence electrons. The van der Waals surface area contributed by atoms with Crippen LogP contribution >= 0.6 is 15.9 Å². The second-order valence-electron chi connectivity index (χ2n) is 5.98. The lowest BCUT2D eigenvalue weighted by atomic mass is 9.95. The summed E-state index contributed by atoms with van der Waals surface area (Å²) in [6.45, 7) is 3.87. The van der Waals surface area contributed by atoms with Gasteiger partial charge in [0.05, 0.1) is 17.2 Å². The lowest BCUT2D eigenvalue weighted by molar-refractivity contribution is -0.122. The molecule has 2 atom stereocenters. The maximum Gasteiger partial charge on any atom is 0.261 e. The van der Waals surface area contributed by atoms with Crippen LogP contribution in [0.3, 0.4) is 0 Å². The predicted molar refractivity (Wildman–Crippen MR) is 92.3 cm³/mol. The molecule has 23 heavy (non-hydrogen) atoms. The first-order chi connectivity index (χ1) is 11.0. The average molecular weight is 379 g/mol. The van der Waals surface area contributed by atoms with Gasteiger partial charge in [0.2, 0.25) is 5.91 Å². The van der Waals surface area contributed by atoms with Crippen LogP contribution in [0.15, 0.2) is 33.8 Å². The zero-order valence-electron chi connectivity index (χ0n) is 12.9. The average Bonchev–Trinajstić information content (AvgIpc) is 2.53. The van der Waals surface area contributed by atoms with E-state index in [0.29, 0.717) is 16.8 Å². The Balaban J connectivity index is 1.77. The number of nitrogens with zero attached hydrogens (tertiary/aromatic N) is 2.